The van der Waals surface area contributed by atoms with Gasteiger partial charge in [-0.05, 0) is 110 Å². The van der Waals surface area contributed by atoms with Crippen LogP contribution in [0.2, 0.25) is 0 Å². The summed E-state index contributed by atoms with van der Waals surface area (Å²) < 4.78 is 42.1. The van der Waals surface area contributed by atoms with Crippen molar-refractivity contribution in [2.24, 2.45) is 0 Å². The van der Waals surface area contributed by atoms with Gasteiger partial charge in [0.2, 0.25) is 0 Å². The molecule has 0 N–H and O–H groups in total. The largest absolute Gasteiger partial charge is 0.491 e. The molecule has 0 aliphatic carbocycles. The monoisotopic (exact) mass is 1120 g/mol. The summed E-state index contributed by atoms with van der Waals surface area (Å²) in [6.45, 7) is 18.1. The number of halogens is 1. The van der Waals surface area contributed by atoms with E-state index in [0.29, 0.717) is 13.2 Å². The summed E-state index contributed by atoms with van der Waals surface area (Å²) in [6, 6.07) is 26.5. The third-order valence-electron chi connectivity index (χ3n) is 14.0. The first-order valence-electron chi connectivity index (χ1n) is 26.9. The Hall–Kier alpha value is -7.56. The molecule has 2 aromatic carbocycles. The molecule has 20 heteroatoms. The number of benzene rings is 2. The molecule has 0 atom stereocenters. The highest BCUT2D eigenvalue weighted by molar-refractivity contribution is 9.10. The van der Waals surface area contributed by atoms with Crippen molar-refractivity contribution >= 4 is 54.7 Å². The normalized spacial score (nSPS) is 16.8. The smallest absolute Gasteiger partial charge is 0.169 e. The van der Waals surface area contributed by atoms with Crippen LogP contribution in [0.4, 0.5) is 5.69 Å². The third-order valence-corrected chi connectivity index (χ3v) is 14.6. The number of hydrogen-bond donors (Lipinski definition) is 0. The molecule has 0 amide bonds. The summed E-state index contributed by atoms with van der Waals surface area (Å²) in [6.07, 6.45) is 15.0. The van der Waals surface area contributed by atoms with E-state index < -0.39 is 11.2 Å². The Morgan fingerprint density at radius 1 is 0.538 bits per heavy atom. The van der Waals surface area contributed by atoms with Gasteiger partial charge in [-0.25, -0.2) is 28.7 Å². The van der Waals surface area contributed by atoms with Gasteiger partial charge >= 0.3 is 0 Å². The lowest BCUT2D eigenvalue weighted by molar-refractivity contribution is -0.0266. The SMILES string of the molecule is Brc1cnn2cc(-c3ccc(OCCN4CCOCC4)cn3)cnc12.[2H]c1ccc2c(-c3cnn4cc(-c5ccc(OCCN6CCOCC6)cn5)cnc34)cccc2n1.[2H]c1ccc2c(N3OC(C)(C)C(C)(C)O3)cccc2n1. The highest BCUT2D eigenvalue weighted by Gasteiger charge is 2.50. The first-order chi connectivity index (χ1) is 38.8. The van der Waals surface area contributed by atoms with Crippen LogP contribution >= 0.6 is 15.9 Å². The molecule has 11 heterocycles. The van der Waals surface area contributed by atoms with Crippen molar-refractivity contribution in [1.29, 1.82) is 0 Å². The average Bonchev–Trinajstić information content (AvgIpc) is 4.17. The van der Waals surface area contributed by atoms with Crippen LogP contribution in [0.3, 0.4) is 0 Å². The Kier molecular flexibility index (Phi) is 15.1. The van der Waals surface area contributed by atoms with E-state index in [9.17, 15) is 0 Å². The summed E-state index contributed by atoms with van der Waals surface area (Å²) >= 11 is 3.42. The minimum absolute atomic E-state index is 0.248. The maximum absolute atomic E-state index is 7.79. The lowest BCUT2D eigenvalue weighted by Crippen LogP contribution is -2.41. The molecule has 0 unspecified atom stereocenters. The number of rotatable bonds is 12. The van der Waals surface area contributed by atoms with E-state index in [2.05, 4.69) is 60.8 Å². The second kappa shape index (κ2) is 23.6. The molecule has 0 saturated carbocycles. The number of pyridine rings is 4. The van der Waals surface area contributed by atoms with Gasteiger partial charge < -0.3 is 18.9 Å². The fourth-order valence-corrected chi connectivity index (χ4v) is 9.29. The van der Waals surface area contributed by atoms with Crippen LogP contribution in [-0.4, -0.2) is 149 Å². The molecule has 3 aliphatic rings. The van der Waals surface area contributed by atoms with Crippen molar-refractivity contribution in [3.05, 3.63) is 151 Å². The van der Waals surface area contributed by atoms with E-state index in [-0.39, 0.29) is 12.3 Å². The van der Waals surface area contributed by atoms with Gasteiger partial charge in [-0.15, -0.1) is 5.23 Å². The quantitative estimate of drug-likeness (QED) is 0.113. The number of ether oxygens (including phenoxy) is 4. The standard InChI is InChI=1S/C26H24N6O2.C17H18BrN5O2.C15H18N2O2/c1-3-21(22-4-2-8-27-25(22)5-1)23-17-30-32-18-19(15-29-26(23)32)24-7-6-20(16-28-24)34-14-11-31-9-12-33-13-10-31;18-15-11-21-23-12-13(9-20-17(15)23)16-2-1-14(10-19-16)25-8-5-22-3-6-24-7-4-22;1-14(2)15(3,4)19-17(18-14)13-9-5-8-12-11(13)7-6-10-16-12/h1-8,15-18H,9-14H2;1-2,9-12H,3-8H2;5-10H,1-4H3/i8D;;10D. The number of nitrogens with zero attached hydrogens (tertiary/aromatic N) is 13. The second-order valence-electron chi connectivity index (χ2n) is 19.7. The lowest BCUT2D eigenvalue weighted by atomic mass is 9.90. The van der Waals surface area contributed by atoms with Crippen LogP contribution in [-0.2, 0) is 19.1 Å². The molecule has 0 radical (unpaired) electrons. The maximum atomic E-state index is 7.79. The van der Waals surface area contributed by atoms with Crippen molar-refractivity contribution in [2.75, 3.05) is 84.1 Å². The van der Waals surface area contributed by atoms with E-state index in [0.717, 1.165) is 154 Å². The number of anilines is 1. The van der Waals surface area contributed by atoms with Crippen LogP contribution in [0.5, 0.6) is 11.5 Å². The Morgan fingerprint density at radius 2 is 1.06 bits per heavy atom. The van der Waals surface area contributed by atoms with Crippen LogP contribution in [0.15, 0.2) is 151 Å². The van der Waals surface area contributed by atoms with Gasteiger partial charge in [-0.1, -0.05) is 24.3 Å². The minimum atomic E-state index is -0.433. The Bertz CT molecular complexity index is 3730. The zero-order chi connectivity index (χ0) is 55.2. The third kappa shape index (κ3) is 11.9. The predicted molar refractivity (Wildman–Crippen MR) is 301 cm³/mol. The van der Waals surface area contributed by atoms with Gasteiger partial charge in [0.25, 0.3) is 0 Å². The maximum Gasteiger partial charge on any atom is 0.169 e. The van der Waals surface area contributed by atoms with E-state index in [1.54, 1.807) is 46.0 Å². The molecule has 13 rings (SSSR count). The van der Waals surface area contributed by atoms with Crippen molar-refractivity contribution in [2.45, 2.75) is 38.9 Å². The molecule has 78 heavy (non-hydrogen) atoms. The van der Waals surface area contributed by atoms with Crippen molar-refractivity contribution in [3.63, 3.8) is 0 Å². The predicted octanol–water partition coefficient (Wildman–Crippen LogP) is 9.46. The van der Waals surface area contributed by atoms with Gasteiger partial charge in [0.05, 0.1) is 80.9 Å². The zero-order valence-electron chi connectivity index (χ0n) is 45.8. The van der Waals surface area contributed by atoms with Crippen molar-refractivity contribution in [1.82, 2.24) is 58.9 Å². The molecule has 400 valence electrons. The highest BCUT2D eigenvalue weighted by atomic mass is 79.9. The molecule has 3 fully saturated rings. The molecule has 0 spiro atoms. The summed E-state index contributed by atoms with van der Waals surface area (Å²) in [5.74, 6) is 1.52. The van der Waals surface area contributed by atoms with Gasteiger partial charge in [0.15, 0.2) is 11.3 Å². The average molecular weight is 1120 g/mol. The molecular formula is C58H60BrN13O6. The van der Waals surface area contributed by atoms with Crippen LogP contribution in [0, 0.1) is 0 Å². The van der Waals surface area contributed by atoms with Gasteiger partial charge in [-0.2, -0.15) is 10.2 Å². The summed E-state index contributed by atoms with van der Waals surface area (Å²) in [7, 11) is 0. The Labute approximate surface area is 462 Å². The highest BCUT2D eigenvalue weighted by Crippen LogP contribution is 2.41. The number of hydrogen-bond acceptors (Lipinski definition) is 17. The van der Waals surface area contributed by atoms with Crippen molar-refractivity contribution < 1.29 is 31.4 Å². The van der Waals surface area contributed by atoms with E-state index in [1.165, 1.54) is 5.23 Å². The van der Waals surface area contributed by atoms with Crippen LogP contribution < -0.4 is 14.7 Å². The number of aromatic nitrogens is 10. The summed E-state index contributed by atoms with van der Waals surface area (Å²) in [5, 5.41) is 12.1. The molecule has 3 saturated heterocycles. The molecule has 0 bridgehead atoms. The van der Waals surface area contributed by atoms with Gasteiger partial charge in [0, 0.05) is 104 Å². The first kappa shape index (κ1) is 50.0. The molecule has 3 aliphatic heterocycles. The number of morpholine rings is 2. The van der Waals surface area contributed by atoms with Gasteiger partial charge in [-0.3, -0.25) is 29.7 Å². The Morgan fingerprint density at radius 3 is 1.64 bits per heavy atom. The minimum Gasteiger partial charge on any atom is -0.491 e. The topological polar surface area (TPSA) is 177 Å². The molecule has 10 aromatic rings. The van der Waals surface area contributed by atoms with E-state index in [1.807, 2.05) is 125 Å². The van der Waals surface area contributed by atoms with Crippen LogP contribution in [0.25, 0.3) is 66.7 Å². The summed E-state index contributed by atoms with van der Waals surface area (Å²) in [5.41, 5.74) is 8.31. The van der Waals surface area contributed by atoms with Crippen molar-refractivity contribution in [3.8, 4) is 45.1 Å². The first-order valence-corrected chi connectivity index (χ1v) is 26.7. The van der Waals surface area contributed by atoms with Gasteiger partial charge in [0.1, 0.15) is 41.6 Å². The molecule has 8 aromatic heterocycles. The Balaban J connectivity index is 0.000000132. The molecule has 19 nitrogen and oxygen atoms in total. The van der Waals surface area contributed by atoms with E-state index >= 15 is 0 Å². The fraction of sp³-hybridized carbons (Fsp3) is 0.310. The second-order valence-corrected chi connectivity index (χ2v) is 20.5. The number of fused-ring (bicyclic) bond motifs is 4. The van der Waals surface area contributed by atoms with Crippen LogP contribution in [0.1, 0.15) is 30.4 Å². The zero-order valence-corrected chi connectivity index (χ0v) is 45.4. The summed E-state index contributed by atoms with van der Waals surface area (Å²) in [4.78, 5) is 43.2. The van der Waals surface area contributed by atoms with E-state index in [4.69, 9.17) is 36.3 Å². The fourth-order valence-electron chi connectivity index (χ4n) is 8.92. The lowest BCUT2D eigenvalue weighted by Gasteiger charge is -2.26. The molecular weight excluding hydrogens is 1050 g/mol.